The van der Waals surface area contributed by atoms with Crippen LogP contribution in [0.5, 0.6) is 0 Å². The van der Waals surface area contributed by atoms with Crippen molar-refractivity contribution in [1.29, 1.82) is 0 Å². The highest BCUT2D eigenvalue weighted by Gasteiger charge is 2.26. The fourth-order valence-corrected chi connectivity index (χ4v) is 3.75. The summed E-state index contributed by atoms with van der Waals surface area (Å²) in [6, 6.07) is 6.19. The summed E-state index contributed by atoms with van der Waals surface area (Å²) in [5, 5.41) is 3.05. The Morgan fingerprint density at radius 3 is 2.33 bits per heavy atom. The van der Waals surface area contributed by atoms with Crippen molar-refractivity contribution in [2.75, 3.05) is 36.4 Å². The molecule has 1 aromatic carbocycles. The molecule has 2 aliphatic heterocycles. The summed E-state index contributed by atoms with van der Waals surface area (Å²) in [6.45, 7) is 7.31. The van der Waals surface area contributed by atoms with Gasteiger partial charge in [0, 0.05) is 50.4 Å². The first-order chi connectivity index (χ1) is 11.5. The third-order valence-corrected chi connectivity index (χ3v) is 5.22. The Morgan fingerprint density at radius 1 is 1.08 bits per heavy atom. The number of carbonyl (C=O) groups excluding carboxylic acids is 2. The van der Waals surface area contributed by atoms with Crippen LogP contribution in [0.3, 0.4) is 0 Å². The maximum absolute atomic E-state index is 12.5. The molecule has 0 spiro atoms. The van der Waals surface area contributed by atoms with Crippen LogP contribution >= 0.6 is 0 Å². The molecule has 1 N–H and O–H groups in total. The fraction of sp³-hybridized carbons (Fsp3) is 0.579. The van der Waals surface area contributed by atoms with E-state index in [1.165, 1.54) is 24.1 Å². The molecule has 0 saturated carbocycles. The van der Waals surface area contributed by atoms with Crippen molar-refractivity contribution in [3.8, 4) is 0 Å². The van der Waals surface area contributed by atoms with E-state index in [0.29, 0.717) is 13.1 Å². The van der Waals surface area contributed by atoms with Gasteiger partial charge in [-0.25, -0.2) is 0 Å². The minimum Gasteiger partial charge on any atom is -0.371 e. The molecule has 1 aromatic rings. The second-order valence-corrected chi connectivity index (χ2v) is 6.97. The smallest absolute Gasteiger partial charge is 0.227 e. The first kappa shape index (κ1) is 16.8. The monoisotopic (exact) mass is 329 g/mol. The van der Waals surface area contributed by atoms with E-state index in [2.05, 4.69) is 29.3 Å². The van der Waals surface area contributed by atoms with Gasteiger partial charge in [0.15, 0.2) is 0 Å². The molecule has 5 heteroatoms. The molecule has 2 fully saturated rings. The van der Waals surface area contributed by atoms with E-state index in [9.17, 15) is 9.59 Å². The minimum atomic E-state index is -0.000773. The molecule has 0 aromatic heterocycles. The molecule has 2 saturated heterocycles. The standard InChI is InChI=1S/C19H27N3O2/c1-14-13-17(5-6-18(14)22-9-3-4-10-22)20-19(24)16-7-11-21(12-8-16)15(2)23/h5-6,13,16H,3-4,7-12H2,1-2H3,(H,20,24). The van der Waals surface area contributed by atoms with Crippen molar-refractivity contribution in [2.24, 2.45) is 5.92 Å². The van der Waals surface area contributed by atoms with Crippen LogP contribution in [-0.2, 0) is 9.59 Å². The number of anilines is 2. The zero-order chi connectivity index (χ0) is 17.1. The summed E-state index contributed by atoms with van der Waals surface area (Å²) >= 11 is 0. The van der Waals surface area contributed by atoms with Gasteiger partial charge in [-0.15, -0.1) is 0 Å². The van der Waals surface area contributed by atoms with Gasteiger partial charge in [0.1, 0.15) is 0 Å². The zero-order valence-electron chi connectivity index (χ0n) is 14.7. The van der Waals surface area contributed by atoms with Gasteiger partial charge in [-0.3, -0.25) is 9.59 Å². The highest BCUT2D eigenvalue weighted by atomic mass is 16.2. The van der Waals surface area contributed by atoms with Gasteiger partial charge in [0.2, 0.25) is 11.8 Å². The Bertz CT molecular complexity index is 615. The lowest BCUT2D eigenvalue weighted by atomic mass is 9.95. The average molecular weight is 329 g/mol. The summed E-state index contributed by atoms with van der Waals surface area (Å²) in [6.07, 6.45) is 4.01. The van der Waals surface area contributed by atoms with E-state index in [4.69, 9.17) is 0 Å². The van der Waals surface area contributed by atoms with Crippen LogP contribution in [0.1, 0.15) is 38.2 Å². The van der Waals surface area contributed by atoms with Crippen molar-refractivity contribution < 1.29 is 9.59 Å². The van der Waals surface area contributed by atoms with Crippen LogP contribution in [0.2, 0.25) is 0 Å². The van der Waals surface area contributed by atoms with E-state index in [1.807, 2.05) is 11.0 Å². The molecule has 2 amide bonds. The van der Waals surface area contributed by atoms with Crippen molar-refractivity contribution in [3.05, 3.63) is 23.8 Å². The molecule has 130 valence electrons. The van der Waals surface area contributed by atoms with Crippen LogP contribution in [0.15, 0.2) is 18.2 Å². The number of nitrogens with one attached hydrogen (secondary N) is 1. The number of rotatable bonds is 3. The summed E-state index contributed by atoms with van der Waals surface area (Å²) < 4.78 is 0. The number of hydrogen-bond acceptors (Lipinski definition) is 3. The zero-order valence-corrected chi connectivity index (χ0v) is 14.7. The van der Waals surface area contributed by atoms with Gasteiger partial charge in [-0.2, -0.15) is 0 Å². The van der Waals surface area contributed by atoms with Crippen molar-refractivity contribution in [1.82, 2.24) is 4.90 Å². The number of benzene rings is 1. The van der Waals surface area contributed by atoms with Crippen LogP contribution in [0.25, 0.3) is 0 Å². The lowest BCUT2D eigenvalue weighted by Crippen LogP contribution is -2.40. The number of hydrogen-bond donors (Lipinski definition) is 1. The third-order valence-electron chi connectivity index (χ3n) is 5.22. The van der Waals surface area contributed by atoms with Gasteiger partial charge in [-0.05, 0) is 56.4 Å². The molecule has 3 rings (SSSR count). The number of carbonyl (C=O) groups is 2. The summed E-state index contributed by atoms with van der Waals surface area (Å²) in [5.41, 5.74) is 3.36. The Kier molecular flexibility index (Phi) is 5.07. The molecule has 0 aliphatic carbocycles. The van der Waals surface area contributed by atoms with Crippen LogP contribution < -0.4 is 10.2 Å². The second-order valence-electron chi connectivity index (χ2n) is 6.97. The molecule has 5 nitrogen and oxygen atoms in total. The Labute approximate surface area is 144 Å². The molecule has 0 bridgehead atoms. The lowest BCUT2D eigenvalue weighted by Gasteiger charge is -2.30. The van der Waals surface area contributed by atoms with Crippen LogP contribution in [-0.4, -0.2) is 42.9 Å². The third kappa shape index (κ3) is 3.71. The van der Waals surface area contributed by atoms with Crippen LogP contribution in [0.4, 0.5) is 11.4 Å². The Hall–Kier alpha value is -2.04. The molecule has 24 heavy (non-hydrogen) atoms. The van der Waals surface area contributed by atoms with E-state index < -0.39 is 0 Å². The highest BCUT2D eigenvalue weighted by Crippen LogP contribution is 2.27. The lowest BCUT2D eigenvalue weighted by molar-refractivity contribution is -0.132. The summed E-state index contributed by atoms with van der Waals surface area (Å²) in [7, 11) is 0. The number of aryl methyl sites for hydroxylation is 1. The average Bonchev–Trinajstić information content (AvgIpc) is 3.09. The quantitative estimate of drug-likeness (QED) is 0.928. The molecule has 0 unspecified atom stereocenters. The molecule has 0 radical (unpaired) electrons. The van der Waals surface area contributed by atoms with Gasteiger partial charge in [0.25, 0.3) is 0 Å². The van der Waals surface area contributed by atoms with Gasteiger partial charge in [0.05, 0.1) is 0 Å². The first-order valence-electron chi connectivity index (χ1n) is 8.96. The minimum absolute atomic E-state index is 0.000773. The normalized spacial score (nSPS) is 18.8. The fourth-order valence-electron chi connectivity index (χ4n) is 3.75. The number of piperidine rings is 1. The highest BCUT2D eigenvalue weighted by molar-refractivity contribution is 5.93. The Morgan fingerprint density at radius 2 is 1.75 bits per heavy atom. The van der Waals surface area contributed by atoms with Crippen molar-refractivity contribution in [3.63, 3.8) is 0 Å². The van der Waals surface area contributed by atoms with E-state index in [-0.39, 0.29) is 17.7 Å². The predicted molar refractivity (Wildman–Crippen MR) is 96.2 cm³/mol. The summed E-state index contributed by atoms with van der Waals surface area (Å²) in [5.74, 6) is 0.174. The summed E-state index contributed by atoms with van der Waals surface area (Å²) in [4.78, 5) is 28.1. The van der Waals surface area contributed by atoms with E-state index in [1.54, 1.807) is 6.92 Å². The maximum Gasteiger partial charge on any atom is 0.227 e. The van der Waals surface area contributed by atoms with Crippen molar-refractivity contribution >= 4 is 23.2 Å². The van der Waals surface area contributed by atoms with E-state index >= 15 is 0 Å². The second kappa shape index (κ2) is 7.24. The topological polar surface area (TPSA) is 52.7 Å². The number of likely N-dealkylation sites (tertiary alicyclic amines) is 1. The number of amides is 2. The van der Waals surface area contributed by atoms with Gasteiger partial charge in [-0.1, -0.05) is 0 Å². The molecule has 0 atom stereocenters. The Balaban J connectivity index is 1.58. The van der Waals surface area contributed by atoms with Gasteiger partial charge >= 0.3 is 0 Å². The SMILES string of the molecule is CC(=O)N1CCC(C(=O)Nc2ccc(N3CCCC3)c(C)c2)CC1. The predicted octanol–water partition coefficient (Wildman–Crippen LogP) is 2.79. The number of nitrogens with zero attached hydrogens (tertiary/aromatic N) is 2. The largest absolute Gasteiger partial charge is 0.371 e. The molecular formula is C19H27N3O2. The van der Waals surface area contributed by atoms with Gasteiger partial charge < -0.3 is 15.1 Å². The maximum atomic E-state index is 12.5. The van der Waals surface area contributed by atoms with Crippen LogP contribution in [0, 0.1) is 12.8 Å². The molecule has 2 heterocycles. The molecular weight excluding hydrogens is 302 g/mol. The molecule has 2 aliphatic rings. The van der Waals surface area contributed by atoms with Crippen molar-refractivity contribution in [2.45, 2.75) is 39.5 Å². The van der Waals surface area contributed by atoms with E-state index in [0.717, 1.165) is 31.6 Å². The first-order valence-corrected chi connectivity index (χ1v) is 8.96.